The van der Waals surface area contributed by atoms with Gasteiger partial charge in [0.05, 0.1) is 21.8 Å². The summed E-state index contributed by atoms with van der Waals surface area (Å²) in [5.41, 5.74) is 0.137. The molecular formula is C11H8O5S2. The molecule has 1 aromatic rings. The van der Waals surface area contributed by atoms with Gasteiger partial charge in [0.25, 0.3) is 0 Å². The lowest BCUT2D eigenvalue weighted by Crippen LogP contribution is -2.05. The van der Waals surface area contributed by atoms with Crippen LogP contribution in [0.25, 0.3) is 4.91 Å². The number of hydrogen-bond acceptors (Lipinski definition) is 5. The Kier molecular flexibility index (Phi) is 3.53. The van der Waals surface area contributed by atoms with Crippen LogP contribution in [0.15, 0.2) is 24.0 Å². The van der Waals surface area contributed by atoms with Crippen LogP contribution in [0.5, 0.6) is 0 Å². The molecule has 1 heterocycles. The smallest absolute Gasteiger partial charge is 0.336 e. The van der Waals surface area contributed by atoms with Crippen LogP contribution in [0, 0.1) is 0 Å². The number of carboxylic acid groups (broad SMARTS) is 2. The number of aliphatic hydroxyl groups is 1. The first-order valence-corrected chi connectivity index (χ1v) is 7.15. The maximum Gasteiger partial charge on any atom is 0.336 e. The van der Waals surface area contributed by atoms with Gasteiger partial charge in [0.15, 0.2) is 0 Å². The van der Waals surface area contributed by atoms with Crippen LogP contribution in [-0.2, 0) is 0 Å². The fraction of sp³-hybridized carbons (Fsp3) is 0.0909. The van der Waals surface area contributed by atoms with Crippen LogP contribution >= 0.6 is 21.6 Å². The van der Waals surface area contributed by atoms with Gasteiger partial charge < -0.3 is 15.3 Å². The van der Waals surface area contributed by atoms with Gasteiger partial charge in [-0.3, -0.25) is 0 Å². The minimum atomic E-state index is -1.22. The van der Waals surface area contributed by atoms with E-state index >= 15 is 0 Å². The summed E-state index contributed by atoms with van der Waals surface area (Å²) in [5, 5.41) is 27.6. The van der Waals surface area contributed by atoms with Crippen LogP contribution in [0.3, 0.4) is 0 Å². The van der Waals surface area contributed by atoms with Crippen molar-refractivity contribution in [1.82, 2.24) is 0 Å². The highest BCUT2D eigenvalue weighted by Gasteiger charge is 2.23. The Morgan fingerprint density at radius 1 is 1.17 bits per heavy atom. The minimum Gasteiger partial charge on any atom is -0.510 e. The van der Waals surface area contributed by atoms with Crippen LogP contribution in [0.2, 0.25) is 0 Å². The predicted octanol–water partition coefficient (Wildman–Crippen LogP) is 2.70. The second-order valence-electron chi connectivity index (χ2n) is 3.49. The van der Waals surface area contributed by atoms with E-state index in [0.29, 0.717) is 16.2 Å². The number of benzene rings is 1. The second-order valence-corrected chi connectivity index (χ2v) is 5.80. The first kappa shape index (κ1) is 12.8. The van der Waals surface area contributed by atoms with E-state index in [9.17, 15) is 14.7 Å². The molecule has 1 aromatic carbocycles. The molecule has 18 heavy (non-hydrogen) atoms. The van der Waals surface area contributed by atoms with Gasteiger partial charge in [0.1, 0.15) is 5.76 Å². The number of rotatable bonds is 3. The number of carbonyl (C=O) groups is 2. The quantitative estimate of drug-likeness (QED) is 0.734. The molecule has 0 amide bonds. The minimum absolute atomic E-state index is 0.0908. The number of hydrogen-bond donors (Lipinski definition) is 3. The average molecular weight is 284 g/mol. The molecule has 0 spiro atoms. The van der Waals surface area contributed by atoms with Crippen molar-refractivity contribution in [2.75, 3.05) is 5.75 Å². The lowest BCUT2D eigenvalue weighted by molar-refractivity contribution is 0.0695. The van der Waals surface area contributed by atoms with Crippen molar-refractivity contribution in [3.8, 4) is 0 Å². The molecule has 0 aromatic heterocycles. The zero-order valence-electron chi connectivity index (χ0n) is 8.91. The fourth-order valence-electron chi connectivity index (χ4n) is 1.51. The van der Waals surface area contributed by atoms with E-state index in [2.05, 4.69) is 0 Å². The third-order valence-corrected chi connectivity index (χ3v) is 4.68. The Labute approximate surface area is 110 Å². The van der Waals surface area contributed by atoms with Crippen molar-refractivity contribution in [2.24, 2.45) is 0 Å². The monoisotopic (exact) mass is 284 g/mol. The summed E-state index contributed by atoms with van der Waals surface area (Å²) >= 11 is 0. The standard InChI is InChI=1S/C11H8O5S2/c12-8-4-17-18-9(8)6-2-1-5(10(13)14)3-7(6)11(15)16/h1-3,12H,4H2,(H,13,14)(H,15,16). The van der Waals surface area contributed by atoms with E-state index in [0.717, 1.165) is 6.07 Å². The SMILES string of the molecule is O=C(O)c1ccc(C2=C(O)CSS2)c(C(=O)O)c1. The molecule has 94 valence electrons. The zero-order chi connectivity index (χ0) is 13.3. The molecule has 0 atom stereocenters. The largest absolute Gasteiger partial charge is 0.510 e. The van der Waals surface area contributed by atoms with Gasteiger partial charge >= 0.3 is 11.9 Å². The van der Waals surface area contributed by atoms with Gasteiger partial charge in [-0.05, 0) is 12.1 Å². The summed E-state index contributed by atoms with van der Waals surface area (Å²) in [5.74, 6) is -1.86. The van der Waals surface area contributed by atoms with Crippen molar-refractivity contribution >= 4 is 38.4 Å². The molecule has 0 aliphatic carbocycles. The lowest BCUT2D eigenvalue weighted by Gasteiger charge is -2.07. The van der Waals surface area contributed by atoms with Gasteiger partial charge in [-0.15, -0.1) is 0 Å². The van der Waals surface area contributed by atoms with Crippen molar-refractivity contribution < 1.29 is 24.9 Å². The fourth-order valence-corrected chi connectivity index (χ4v) is 3.89. The molecule has 1 aliphatic rings. The Morgan fingerprint density at radius 3 is 2.39 bits per heavy atom. The molecule has 1 aliphatic heterocycles. The number of carboxylic acids is 2. The summed E-state index contributed by atoms with van der Waals surface area (Å²) < 4.78 is 0. The molecule has 0 fully saturated rings. The van der Waals surface area contributed by atoms with Gasteiger partial charge in [-0.25, -0.2) is 9.59 Å². The number of aliphatic hydroxyl groups excluding tert-OH is 1. The Hall–Kier alpha value is -1.60. The van der Waals surface area contributed by atoms with Crippen LogP contribution in [-0.4, -0.2) is 33.0 Å². The summed E-state index contributed by atoms with van der Waals surface area (Å²) in [6, 6.07) is 3.84. The molecule has 0 unspecified atom stereocenters. The lowest BCUT2D eigenvalue weighted by atomic mass is 10.0. The van der Waals surface area contributed by atoms with E-state index < -0.39 is 11.9 Å². The summed E-state index contributed by atoms with van der Waals surface area (Å²) in [6.07, 6.45) is 0. The van der Waals surface area contributed by atoms with E-state index in [-0.39, 0.29) is 16.9 Å². The Balaban J connectivity index is 2.58. The molecule has 7 heteroatoms. The van der Waals surface area contributed by atoms with Crippen LogP contribution in [0.1, 0.15) is 26.3 Å². The van der Waals surface area contributed by atoms with Gasteiger partial charge in [0, 0.05) is 5.56 Å². The normalized spacial score (nSPS) is 14.9. The molecule has 2 rings (SSSR count). The zero-order valence-corrected chi connectivity index (χ0v) is 10.5. The first-order valence-electron chi connectivity index (χ1n) is 4.83. The molecule has 0 bridgehead atoms. The summed E-state index contributed by atoms with van der Waals surface area (Å²) in [4.78, 5) is 22.4. The molecule has 5 nitrogen and oxygen atoms in total. The maximum atomic E-state index is 11.1. The summed E-state index contributed by atoms with van der Waals surface area (Å²) in [6.45, 7) is 0. The Bertz CT molecular complexity index is 565. The molecular weight excluding hydrogens is 276 g/mol. The molecule has 0 radical (unpaired) electrons. The molecule has 3 N–H and O–H groups in total. The first-order chi connectivity index (χ1) is 8.50. The second kappa shape index (κ2) is 4.95. The highest BCUT2D eigenvalue weighted by molar-refractivity contribution is 8.80. The van der Waals surface area contributed by atoms with Crippen molar-refractivity contribution in [1.29, 1.82) is 0 Å². The van der Waals surface area contributed by atoms with Crippen LogP contribution in [0.4, 0.5) is 0 Å². The molecule has 0 saturated heterocycles. The van der Waals surface area contributed by atoms with Crippen molar-refractivity contribution in [3.05, 3.63) is 40.6 Å². The number of aromatic carboxylic acids is 2. The summed E-state index contributed by atoms with van der Waals surface area (Å²) in [7, 11) is 2.68. The third-order valence-electron chi connectivity index (χ3n) is 2.34. The maximum absolute atomic E-state index is 11.1. The highest BCUT2D eigenvalue weighted by atomic mass is 33.1. The topological polar surface area (TPSA) is 94.8 Å². The molecule has 0 saturated carbocycles. The van der Waals surface area contributed by atoms with Gasteiger partial charge in [0.2, 0.25) is 0 Å². The Morgan fingerprint density at radius 2 is 1.89 bits per heavy atom. The van der Waals surface area contributed by atoms with E-state index in [1.807, 2.05) is 0 Å². The van der Waals surface area contributed by atoms with Gasteiger partial charge in [-0.1, -0.05) is 27.7 Å². The van der Waals surface area contributed by atoms with Crippen molar-refractivity contribution in [2.45, 2.75) is 0 Å². The van der Waals surface area contributed by atoms with E-state index in [4.69, 9.17) is 10.2 Å². The predicted molar refractivity (Wildman–Crippen MR) is 70.0 cm³/mol. The van der Waals surface area contributed by atoms with E-state index in [1.165, 1.54) is 33.7 Å². The van der Waals surface area contributed by atoms with Crippen LogP contribution < -0.4 is 0 Å². The van der Waals surface area contributed by atoms with Crippen molar-refractivity contribution in [3.63, 3.8) is 0 Å². The average Bonchev–Trinajstić information content (AvgIpc) is 2.74. The van der Waals surface area contributed by atoms with E-state index in [1.54, 1.807) is 0 Å². The third kappa shape index (κ3) is 2.32. The van der Waals surface area contributed by atoms with Gasteiger partial charge in [-0.2, -0.15) is 0 Å². The highest BCUT2D eigenvalue weighted by Crippen LogP contribution is 2.47.